The van der Waals surface area contributed by atoms with Crippen LogP contribution in [0.25, 0.3) is 0 Å². The van der Waals surface area contributed by atoms with Crippen molar-refractivity contribution in [3.8, 4) is 0 Å². The average molecular weight is 166 g/mol. The SMILES string of the molecule is Cc1ncc([Si](C)(C)C)cn1. The van der Waals surface area contributed by atoms with Crippen LogP contribution < -0.4 is 5.19 Å². The normalized spacial score (nSPS) is 11.6. The van der Waals surface area contributed by atoms with E-state index in [-0.39, 0.29) is 0 Å². The van der Waals surface area contributed by atoms with E-state index in [0.717, 1.165) is 5.82 Å². The van der Waals surface area contributed by atoms with Crippen molar-refractivity contribution in [2.45, 2.75) is 26.6 Å². The molecule has 0 bridgehead atoms. The van der Waals surface area contributed by atoms with Gasteiger partial charge in [0.25, 0.3) is 0 Å². The lowest BCUT2D eigenvalue weighted by Crippen LogP contribution is -2.38. The minimum absolute atomic E-state index is 0.854. The van der Waals surface area contributed by atoms with Crippen LogP contribution in [0, 0.1) is 6.92 Å². The summed E-state index contributed by atoms with van der Waals surface area (Å²) in [6, 6.07) is 0. The second-order valence-corrected chi connectivity index (χ2v) is 8.85. The number of hydrogen-bond acceptors (Lipinski definition) is 2. The van der Waals surface area contributed by atoms with Crippen molar-refractivity contribution in [1.82, 2.24) is 9.97 Å². The molecule has 0 N–H and O–H groups in total. The number of nitrogens with zero attached hydrogens (tertiary/aromatic N) is 2. The van der Waals surface area contributed by atoms with Gasteiger partial charge in [0.15, 0.2) is 0 Å². The van der Waals surface area contributed by atoms with E-state index in [1.807, 2.05) is 19.3 Å². The molecule has 1 aromatic heterocycles. The molecule has 3 heteroatoms. The first-order chi connectivity index (χ1) is 5.00. The third kappa shape index (κ3) is 2.12. The Morgan fingerprint density at radius 2 is 1.55 bits per heavy atom. The van der Waals surface area contributed by atoms with Gasteiger partial charge in [0, 0.05) is 12.4 Å². The van der Waals surface area contributed by atoms with E-state index in [0.29, 0.717) is 0 Å². The molecule has 1 rings (SSSR count). The van der Waals surface area contributed by atoms with Crippen LogP contribution in [0.15, 0.2) is 12.4 Å². The highest BCUT2D eigenvalue weighted by Crippen LogP contribution is 1.99. The molecular weight excluding hydrogens is 152 g/mol. The molecule has 60 valence electrons. The maximum Gasteiger partial charge on any atom is 0.125 e. The monoisotopic (exact) mass is 166 g/mol. The fourth-order valence-corrected chi connectivity index (χ4v) is 1.68. The van der Waals surface area contributed by atoms with Gasteiger partial charge in [0.05, 0.1) is 8.07 Å². The zero-order chi connectivity index (χ0) is 8.48. The van der Waals surface area contributed by atoms with Crippen LogP contribution >= 0.6 is 0 Å². The largest absolute Gasteiger partial charge is 0.242 e. The molecule has 0 unspecified atom stereocenters. The molecule has 0 saturated carbocycles. The van der Waals surface area contributed by atoms with E-state index in [4.69, 9.17) is 0 Å². The predicted molar refractivity (Wildman–Crippen MR) is 49.7 cm³/mol. The topological polar surface area (TPSA) is 25.8 Å². The van der Waals surface area contributed by atoms with Crippen molar-refractivity contribution in [1.29, 1.82) is 0 Å². The molecule has 0 atom stereocenters. The maximum absolute atomic E-state index is 4.17. The van der Waals surface area contributed by atoms with Crippen molar-refractivity contribution in [3.63, 3.8) is 0 Å². The molecule has 0 aliphatic rings. The van der Waals surface area contributed by atoms with Crippen LogP contribution in [0.2, 0.25) is 19.6 Å². The van der Waals surface area contributed by atoms with Gasteiger partial charge in [0.1, 0.15) is 5.82 Å². The van der Waals surface area contributed by atoms with Gasteiger partial charge in [0.2, 0.25) is 0 Å². The molecule has 0 amide bonds. The van der Waals surface area contributed by atoms with Gasteiger partial charge in [-0.05, 0) is 12.1 Å². The van der Waals surface area contributed by atoms with Crippen LogP contribution in [0.4, 0.5) is 0 Å². The molecule has 0 fully saturated rings. The van der Waals surface area contributed by atoms with E-state index in [1.54, 1.807) is 0 Å². The minimum atomic E-state index is -1.18. The molecule has 0 radical (unpaired) electrons. The molecule has 0 aliphatic heterocycles. The van der Waals surface area contributed by atoms with Gasteiger partial charge in [-0.2, -0.15) is 0 Å². The van der Waals surface area contributed by atoms with E-state index in [9.17, 15) is 0 Å². The molecule has 11 heavy (non-hydrogen) atoms. The van der Waals surface area contributed by atoms with E-state index in [1.165, 1.54) is 5.19 Å². The standard InChI is InChI=1S/C8H14N2Si/c1-7-9-5-8(6-10-7)11(2,3)4/h5-6H,1-4H3. The Bertz CT molecular complexity index is 235. The van der Waals surface area contributed by atoms with Gasteiger partial charge in [-0.1, -0.05) is 19.6 Å². The van der Waals surface area contributed by atoms with E-state index >= 15 is 0 Å². The third-order valence-corrected chi connectivity index (χ3v) is 3.64. The Morgan fingerprint density at radius 1 is 1.09 bits per heavy atom. The summed E-state index contributed by atoms with van der Waals surface area (Å²) in [7, 11) is -1.18. The molecule has 1 aromatic rings. The highest BCUT2D eigenvalue weighted by Gasteiger charge is 2.16. The van der Waals surface area contributed by atoms with Crippen molar-refractivity contribution >= 4 is 13.3 Å². The second kappa shape index (κ2) is 2.74. The highest BCUT2D eigenvalue weighted by atomic mass is 28.3. The fourth-order valence-electron chi connectivity index (χ4n) is 0.780. The predicted octanol–water partition coefficient (Wildman–Crippen LogP) is 1.33. The summed E-state index contributed by atoms with van der Waals surface area (Å²) in [6.45, 7) is 8.79. The summed E-state index contributed by atoms with van der Waals surface area (Å²) in [5, 5.41) is 1.32. The summed E-state index contributed by atoms with van der Waals surface area (Å²) in [4.78, 5) is 8.34. The Labute approximate surface area is 68.7 Å². The lowest BCUT2D eigenvalue weighted by molar-refractivity contribution is 1.06. The smallest absolute Gasteiger partial charge is 0.125 e. The second-order valence-electron chi connectivity index (χ2n) is 3.77. The van der Waals surface area contributed by atoms with Crippen molar-refractivity contribution in [3.05, 3.63) is 18.2 Å². The Morgan fingerprint density at radius 3 is 1.91 bits per heavy atom. The van der Waals surface area contributed by atoms with Crippen LogP contribution in [0.5, 0.6) is 0 Å². The van der Waals surface area contributed by atoms with Gasteiger partial charge in [-0.15, -0.1) is 0 Å². The van der Waals surface area contributed by atoms with E-state index in [2.05, 4.69) is 29.6 Å². The first kappa shape index (κ1) is 8.39. The molecule has 2 nitrogen and oxygen atoms in total. The average Bonchev–Trinajstić information content (AvgIpc) is 1.86. The third-order valence-electron chi connectivity index (χ3n) is 1.65. The lowest BCUT2D eigenvalue weighted by Gasteiger charge is -2.14. The van der Waals surface area contributed by atoms with Gasteiger partial charge in [-0.25, -0.2) is 9.97 Å². The zero-order valence-electron chi connectivity index (χ0n) is 7.55. The van der Waals surface area contributed by atoms with Crippen LogP contribution in [0.1, 0.15) is 5.82 Å². The van der Waals surface area contributed by atoms with Gasteiger partial charge < -0.3 is 0 Å². The van der Waals surface area contributed by atoms with Gasteiger partial charge >= 0.3 is 0 Å². The summed E-state index contributed by atoms with van der Waals surface area (Å²) >= 11 is 0. The van der Waals surface area contributed by atoms with Crippen molar-refractivity contribution in [2.24, 2.45) is 0 Å². The Hall–Kier alpha value is -0.703. The Balaban J connectivity index is 2.99. The van der Waals surface area contributed by atoms with E-state index < -0.39 is 8.07 Å². The molecule has 0 saturated heterocycles. The van der Waals surface area contributed by atoms with Crippen molar-refractivity contribution < 1.29 is 0 Å². The maximum atomic E-state index is 4.17. The molecule has 0 aromatic carbocycles. The van der Waals surface area contributed by atoms with Crippen LogP contribution in [-0.2, 0) is 0 Å². The number of hydrogen-bond donors (Lipinski definition) is 0. The quantitative estimate of drug-likeness (QED) is 0.588. The highest BCUT2D eigenvalue weighted by molar-refractivity contribution is 6.88. The number of aromatic nitrogens is 2. The summed E-state index contributed by atoms with van der Waals surface area (Å²) < 4.78 is 0. The molecule has 1 heterocycles. The first-order valence-electron chi connectivity index (χ1n) is 3.79. The Kier molecular flexibility index (Phi) is 2.09. The number of aryl methyl sites for hydroxylation is 1. The van der Waals surface area contributed by atoms with Crippen LogP contribution in [0.3, 0.4) is 0 Å². The fraction of sp³-hybridized carbons (Fsp3) is 0.500. The summed E-state index contributed by atoms with van der Waals surface area (Å²) in [6.07, 6.45) is 3.91. The molecule has 0 spiro atoms. The zero-order valence-corrected chi connectivity index (χ0v) is 8.55. The summed E-state index contributed by atoms with van der Waals surface area (Å²) in [5.41, 5.74) is 0. The van der Waals surface area contributed by atoms with Crippen molar-refractivity contribution in [2.75, 3.05) is 0 Å². The molecular formula is C8H14N2Si. The minimum Gasteiger partial charge on any atom is -0.242 e. The first-order valence-corrected chi connectivity index (χ1v) is 7.29. The number of rotatable bonds is 1. The van der Waals surface area contributed by atoms with Gasteiger partial charge in [-0.3, -0.25) is 0 Å². The van der Waals surface area contributed by atoms with Crippen LogP contribution in [-0.4, -0.2) is 18.0 Å². The lowest BCUT2D eigenvalue weighted by atomic mass is 10.6. The molecule has 0 aliphatic carbocycles. The summed E-state index contributed by atoms with van der Waals surface area (Å²) in [5.74, 6) is 0.854.